The third-order valence-corrected chi connectivity index (χ3v) is 2.61. The molecule has 82 valence electrons. The van der Waals surface area contributed by atoms with Crippen molar-refractivity contribution in [1.29, 1.82) is 0 Å². The lowest BCUT2D eigenvalue weighted by molar-refractivity contribution is 0.305. The highest BCUT2D eigenvalue weighted by molar-refractivity contribution is 5.78. The predicted octanol–water partition coefficient (Wildman–Crippen LogP) is 1.91. The van der Waals surface area contributed by atoms with Crippen LogP contribution in [-0.4, -0.2) is 13.6 Å². The Kier molecular flexibility index (Phi) is 1.99. The van der Waals surface area contributed by atoms with Gasteiger partial charge in [0.05, 0.1) is 0 Å². The molecule has 2 aliphatic heterocycles. The smallest absolute Gasteiger partial charge is 0.228 e. The molecule has 2 aliphatic rings. The van der Waals surface area contributed by atoms with Gasteiger partial charge in [-0.1, -0.05) is 12.2 Å². The molecule has 0 bridgehead atoms. The van der Waals surface area contributed by atoms with Gasteiger partial charge in [-0.2, -0.15) is 0 Å². The molecule has 4 heteroatoms. The summed E-state index contributed by atoms with van der Waals surface area (Å²) in [6.45, 7) is 0.849. The van der Waals surface area contributed by atoms with E-state index in [4.69, 9.17) is 9.47 Å². The van der Waals surface area contributed by atoms with Crippen molar-refractivity contribution in [2.75, 3.05) is 18.9 Å². The fourth-order valence-corrected chi connectivity index (χ4v) is 1.80. The van der Waals surface area contributed by atoms with E-state index >= 15 is 0 Å². The first-order chi connectivity index (χ1) is 7.88. The maximum Gasteiger partial charge on any atom is 0.228 e. The quantitative estimate of drug-likeness (QED) is 0.752. The zero-order chi connectivity index (χ0) is 11.0. The highest BCUT2D eigenvalue weighted by Gasteiger charge is 2.20. The molecule has 2 heterocycles. The summed E-state index contributed by atoms with van der Waals surface area (Å²) in [5, 5.41) is 6.20. The SMILES string of the molecule is CNC1=COc2ccc3c(c2O1)C=CCN3. The molecule has 0 aromatic heterocycles. The first-order valence-electron chi connectivity index (χ1n) is 5.18. The third-order valence-electron chi connectivity index (χ3n) is 2.61. The van der Waals surface area contributed by atoms with Crippen LogP contribution in [0.1, 0.15) is 5.56 Å². The molecule has 0 saturated carbocycles. The molecule has 0 saturated heterocycles. The zero-order valence-electron chi connectivity index (χ0n) is 8.91. The zero-order valence-corrected chi connectivity index (χ0v) is 8.91. The molecule has 0 radical (unpaired) electrons. The van der Waals surface area contributed by atoms with Crippen molar-refractivity contribution in [3.63, 3.8) is 0 Å². The molecule has 0 fully saturated rings. The van der Waals surface area contributed by atoms with Crippen LogP contribution in [0.5, 0.6) is 11.5 Å². The van der Waals surface area contributed by atoms with Gasteiger partial charge < -0.3 is 20.1 Å². The number of benzene rings is 1. The molecular weight excluding hydrogens is 204 g/mol. The van der Waals surface area contributed by atoms with Crippen LogP contribution in [-0.2, 0) is 0 Å². The van der Waals surface area contributed by atoms with E-state index in [0.29, 0.717) is 5.88 Å². The summed E-state index contributed by atoms with van der Waals surface area (Å²) in [4.78, 5) is 0. The monoisotopic (exact) mass is 216 g/mol. The topological polar surface area (TPSA) is 42.5 Å². The molecule has 2 N–H and O–H groups in total. The summed E-state index contributed by atoms with van der Waals surface area (Å²) in [6, 6.07) is 3.91. The summed E-state index contributed by atoms with van der Waals surface area (Å²) in [7, 11) is 1.80. The number of hydrogen-bond donors (Lipinski definition) is 2. The molecule has 0 spiro atoms. The lowest BCUT2D eigenvalue weighted by Crippen LogP contribution is -2.18. The van der Waals surface area contributed by atoms with E-state index in [-0.39, 0.29) is 0 Å². The average molecular weight is 216 g/mol. The van der Waals surface area contributed by atoms with Gasteiger partial charge >= 0.3 is 0 Å². The third kappa shape index (κ3) is 1.31. The minimum Gasteiger partial charge on any atom is -0.455 e. The fraction of sp³-hybridized carbons (Fsp3) is 0.167. The molecule has 3 rings (SSSR count). The normalized spacial score (nSPS) is 15.9. The second-order valence-electron chi connectivity index (χ2n) is 3.59. The van der Waals surface area contributed by atoms with E-state index in [1.165, 1.54) is 0 Å². The molecule has 0 atom stereocenters. The fourth-order valence-electron chi connectivity index (χ4n) is 1.80. The van der Waals surface area contributed by atoms with Gasteiger partial charge in [0.25, 0.3) is 0 Å². The number of anilines is 1. The molecule has 16 heavy (non-hydrogen) atoms. The van der Waals surface area contributed by atoms with Gasteiger partial charge in [0.1, 0.15) is 0 Å². The van der Waals surface area contributed by atoms with Gasteiger partial charge in [-0.15, -0.1) is 0 Å². The van der Waals surface area contributed by atoms with Crippen molar-refractivity contribution in [3.05, 3.63) is 35.9 Å². The van der Waals surface area contributed by atoms with E-state index in [1.54, 1.807) is 13.3 Å². The van der Waals surface area contributed by atoms with Crippen LogP contribution < -0.4 is 20.1 Å². The number of rotatable bonds is 1. The molecule has 0 aliphatic carbocycles. The van der Waals surface area contributed by atoms with Crippen molar-refractivity contribution in [2.24, 2.45) is 0 Å². The van der Waals surface area contributed by atoms with Crippen molar-refractivity contribution in [2.45, 2.75) is 0 Å². The Morgan fingerprint density at radius 2 is 2.31 bits per heavy atom. The van der Waals surface area contributed by atoms with Crippen molar-refractivity contribution >= 4 is 11.8 Å². The summed E-state index contributed by atoms with van der Waals surface area (Å²) in [5.74, 6) is 2.11. The van der Waals surface area contributed by atoms with E-state index in [9.17, 15) is 0 Å². The maximum absolute atomic E-state index is 5.71. The molecule has 4 nitrogen and oxygen atoms in total. The number of fused-ring (bicyclic) bond motifs is 3. The molecule has 1 aromatic rings. The summed E-state index contributed by atoms with van der Waals surface area (Å²) in [5.41, 5.74) is 2.10. The Bertz CT molecular complexity index is 492. The van der Waals surface area contributed by atoms with E-state index in [2.05, 4.69) is 16.7 Å². The van der Waals surface area contributed by atoms with Crippen molar-refractivity contribution in [3.8, 4) is 11.5 Å². The van der Waals surface area contributed by atoms with E-state index < -0.39 is 0 Å². The Labute approximate surface area is 93.6 Å². The molecule has 1 aromatic carbocycles. The summed E-state index contributed by atoms with van der Waals surface area (Å²) < 4.78 is 11.2. The summed E-state index contributed by atoms with van der Waals surface area (Å²) >= 11 is 0. The standard InChI is InChI=1S/C12H12N2O2/c1-13-11-7-15-10-5-4-9-8(12(10)16-11)3-2-6-14-9/h2-5,7,13-14H,6H2,1H3. The van der Waals surface area contributed by atoms with Crippen LogP contribution in [0, 0.1) is 0 Å². The Hall–Kier alpha value is -2.10. The van der Waals surface area contributed by atoms with Crippen molar-refractivity contribution < 1.29 is 9.47 Å². The van der Waals surface area contributed by atoms with Gasteiger partial charge in [-0.3, -0.25) is 0 Å². The Morgan fingerprint density at radius 1 is 1.38 bits per heavy atom. The van der Waals surface area contributed by atoms with Crippen LogP contribution in [0.15, 0.2) is 30.4 Å². The van der Waals surface area contributed by atoms with Crippen LogP contribution in [0.4, 0.5) is 5.69 Å². The lowest BCUT2D eigenvalue weighted by atomic mass is 10.1. The molecule has 0 amide bonds. The van der Waals surface area contributed by atoms with Gasteiger partial charge in [0, 0.05) is 24.8 Å². The highest BCUT2D eigenvalue weighted by Crippen LogP contribution is 2.41. The molecular formula is C12H12N2O2. The Morgan fingerprint density at radius 3 is 3.19 bits per heavy atom. The van der Waals surface area contributed by atoms with E-state index in [0.717, 1.165) is 29.3 Å². The van der Waals surface area contributed by atoms with Crippen LogP contribution in [0.2, 0.25) is 0 Å². The van der Waals surface area contributed by atoms with Gasteiger partial charge in [0.15, 0.2) is 17.8 Å². The van der Waals surface area contributed by atoms with Gasteiger partial charge in [0.2, 0.25) is 5.88 Å². The lowest BCUT2D eigenvalue weighted by Gasteiger charge is -2.23. The number of ether oxygens (including phenoxy) is 2. The van der Waals surface area contributed by atoms with Crippen LogP contribution in [0.3, 0.4) is 0 Å². The first-order valence-corrected chi connectivity index (χ1v) is 5.18. The summed E-state index contributed by atoms with van der Waals surface area (Å²) in [6.07, 6.45) is 5.67. The van der Waals surface area contributed by atoms with E-state index in [1.807, 2.05) is 18.2 Å². The number of nitrogens with one attached hydrogen (secondary N) is 2. The largest absolute Gasteiger partial charge is 0.455 e. The number of hydrogen-bond acceptors (Lipinski definition) is 4. The minimum absolute atomic E-state index is 0.611. The van der Waals surface area contributed by atoms with Gasteiger partial charge in [-0.25, -0.2) is 0 Å². The highest BCUT2D eigenvalue weighted by atomic mass is 16.6. The second kappa shape index (κ2) is 3.48. The minimum atomic E-state index is 0.611. The average Bonchev–Trinajstić information content (AvgIpc) is 2.38. The van der Waals surface area contributed by atoms with Crippen molar-refractivity contribution in [1.82, 2.24) is 5.32 Å². The van der Waals surface area contributed by atoms with Crippen LogP contribution >= 0.6 is 0 Å². The van der Waals surface area contributed by atoms with Gasteiger partial charge in [-0.05, 0) is 12.1 Å². The maximum atomic E-state index is 5.71. The first kappa shape index (κ1) is 9.15. The van der Waals surface area contributed by atoms with Crippen LogP contribution in [0.25, 0.3) is 6.08 Å². The second-order valence-corrected chi connectivity index (χ2v) is 3.59. The predicted molar refractivity (Wildman–Crippen MR) is 62.4 cm³/mol. The Balaban J connectivity index is 2.09. The molecule has 0 unspecified atom stereocenters.